The van der Waals surface area contributed by atoms with Crippen molar-refractivity contribution in [2.24, 2.45) is 0 Å². The molecule has 0 amide bonds. The molecule has 0 bridgehead atoms. The molecule has 0 saturated carbocycles. The normalized spacial score (nSPS) is 17.5. The molecule has 1 fully saturated rings. The number of benzene rings is 1. The van der Waals surface area contributed by atoms with Crippen molar-refractivity contribution in [3.8, 4) is 11.5 Å². The molecule has 1 aromatic carbocycles. The van der Waals surface area contributed by atoms with Gasteiger partial charge >= 0.3 is 0 Å². The van der Waals surface area contributed by atoms with Crippen molar-refractivity contribution in [1.29, 1.82) is 0 Å². The Hall–Kier alpha value is -1.47. The van der Waals surface area contributed by atoms with Crippen molar-refractivity contribution in [2.45, 2.75) is 18.9 Å². The average Bonchev–Trinajstić information content (AvgIpc) is 2.47. The molecular weight excluding hydrogens is 292 g/mol. The van der Waals surface area contributed by atoms with Crippen LogP contribution in [0.3, 0.4) is 0 Å². The van der Waals surface area contributed by atoms with Crippen LogP contribution >= 0.6 is 0 Å². The maximum absolute atomic E-state index is 11.5. The predicted molar refractivity (Wildman–Crippen MR) is 82.6 cm³/mol. The lowest BCUT2D eigenvalue weighted by Gasteiger charge is -2.31. The number of hydrogen-bond acceptors (Lipinski definition) is 5. The SMILES string of the molecule is COc1ccc(NC2CCN(S(C)(=O)=O)CC2)c(OC)c1. The lowest BCUT2D eigenvalue weighted by Crippen LogP contribution is -2.41. The van der Waals surface area contributed by atoms with E-state index in [9.17, 15) is 8.42 Å². The second-order valence-corrected chi connectivity index (χ2v) is 7.13. The number of nitrogens with zero attached hydrogens (tertiary/aromatic N) is 1. The van der Waals surface area contributed by atoms with Crippen LogP contribution in [0.5, 0.6) is 11.5 Å². The molecule has 2 rings (SSSR count). The molecule has 1 N–H and O–H groups in total. The highest BCUT2D eigenvalue weighted by Crippen LogP contribution is 2.30. The molecule has 21 heavy (non-hydrogen) atoms. The fourth-order valence-corrected chi connectivity index (χ4v) is 3.34. The number of methoxy groups -OCH3 is 2. The minimum atomic E-state index is -3.08. The molecule has 0 radical (unpaired) electrons. The Bertz CT molecular complexity index is 581. The van der Waals surface area contributed by atoms with Crippen molar-refractivity contribution in [2.75, 3.05) is 38.9 Å². The van der Waals surface area contributed by atoms with Gasteiger partial charge in [0.25, 0.3) is 0 Å². The Morgan fingerprint density at radius 3 is 2.38 bits per heavy atom. The van der Waals surface area contributed by atoms with Crippen LogP contribution in [0.1, 0.15) is 12.8 Å². The third-order valence-electron chi connectivity index (χ3n) is 3.69. The molecule has 0 aromatic heterocycles. The number of rotatable bonds is 5. The zero-order chi connectivity index (χ0) is 15.5. The van der Waals surface area contributed by atoms with Crippen molar-refractivity contribution in [1.82, 2.24) is 4.31 Å². The quantitative estimate of drug-likeness (QED) is 0.893. The Labute approximate surface area is 126 Å². The van der Waals surface area contributed by atoms with Gasteiger partial charge in [0, 0.05) is 25.2 Å². The maximum atomic E-state index is 11.5. The van der Waals surface area contributed by atoms with E-state index in [1.165, 1.54) is 10.6 Å². The lowest BCUT2D eigenvalue weighted by atomic mass is 10.1. The van der Waals surface area contributed by atoms with Crippen LogP contribution in [-0.2, 0) is 10.0 Å². The summed E-state index contributed by atoms with van der Waals surface area (Å²) in [4.78, 5) is 0. The molecular formula is C14H22N2O4S. The molecule has 1 aromatic rings. The summed E-state index contributed by atoms with van der Waals surface area (Å²) in [6.45, 7) is 1.10. The fourth-order valence-electron chi connectivity index (χ4n) is 2.47. The number of nitrogens with one attached hydrogen (secondary N) is 1. The highest BCUT2D eigenvalue weighted by Gasteiger charge is 2.25. The summed E-state index contributed by atoms with van der Waals surface area (Å²) < 4.78 is 35.0. The molecule has 1 saturated heterocycles. The van der Waals surface area contributed by atoms with Crippen molar-refractivity contribution < 1.29 is 17.9 Å². The third kappa shape index (κ3) is 4.01. The Morgan fingerprint density at radius 1 is 1.19 bits per heavy atom. The first-order chi connectivity index (χ1) is 9.94. The van der Waals surface area contributed by atoms with Crippen LogP contribution in [0.4, 0.5) is 5.69 Å². The van der Waals surface area contributed by atoms with E-state index in [1.54, 1.807) is 14.2 Å². The minimum absolute atomic E-state index is 0.241. The Kier molecular flexibility index (Phi) is 4.95. The van der Waals surface area contributed by atoms with E-state index >= 15 is 0 Å². The summed E-state index contributed by atoms with van der Waals surface area (Å²) in [5.74, 6) is 1.46. The molecule has 7 heteroatoms. The van der Waals surface area contributed by atoms with Gasteiger partial charge in [-0.1, -0.05) is 0 Å². The van der Waals surface area contributed by atoms with Crippen LogP contribution in [0.25, 0.3) is 0 Å². The second kappa shape index (κ2) is 6.53. The van der Waals surface area contributed by atoms with Gasteiger partial charge in [-0.05, 0) is 25.0 Å². The van der Waals surface area contributed by atoms with Gasteiger partial charge in [0.05, 0.1) is 26.2 Å². The topological polar surface area (TPSA) is 67.9 Å². The standard InChI is InChI=1S/C14H22N2O4S/c1-19-12-4-5-13(14(10-12)20-2)15-11-6-8-16(9-7-11)21(3,17)18/h4-5,10-11,15H,6-9H2,1-3H3. The predicted octanol–water partition coefficient (Wildman–Crippen LogP) is 1.54. The largest absolute Gasteiger partial charge is 0.497 e. The number of anilines is 1. The first-order valence-electron chi connectivity index (χ1n) is 6.87. The molecule has 6 nitrogen and oxygen atoms in total. The van der Waals surface area contributed by atoms with Gasteiger partial charge in [-0.2, -0.15) is 0 Å². The number of piperidine rings is 1. The monoisotopic (exact) mass is 314 g/mol. The summed E-state index contributed by atoms with van der Waals surface area (Å²) in [5.41, 5.74) is 0.899. The van der Waals surface area contributed by atoms with E-state index in [1.807, 2.05) is 18.2 Å². The molecule has 0 unspecified atom stereocenters. The number of ether oxygens (including phenoxy) is 2. The van der Waals surface area contributed by atoms with E-state index in [0.29, 0.717) is 13.1 Å². The van der Waals surface area contributed by atoms with Crippen LogP contribution < -0.4 is 14.8 Å². The summed E-state index contributed by atoms with van der Waals surface area (Å²) in [6, 6.07) is 5.86. The molecule has 0 atom stereocenters. The first kappa shape index (κ1) is 15.9. The van der Waals surface area contributed by atoms with Gasteiger partial charge in [0.1, 0.15) is 11.5 Å². The molecule has 0 aliphatic carbocycles. The van der Waals surface area contributed by atoms with E-state index in [2.05, 4.69) is 5.32 Å². The molecule has 1 heterocycles. The number of sulfonamides is 1. The molecule has 118 valence electrons. The zero-order valence-electron chi connectivity index (χ0n) is 12.6. The molecule has 1 aliphatic heterocycles. The van der Waals surface area contributed by atoms with E-state index < -0.39 is 10.0 Å². The highest BCUT2D eigenvalue weighted by atomic mass is 32.2. The number of hydrogen-bond donors (Lipinski definition) is 1. The van der Waals surface area contributed by atoms with E-state index in [0.717, 1.165) is 30.0 Å². The molecule has 0 spiro atoms. The van der Waals surface area contributed by atoms with Crippen molar-refractivity contribution in [3.63, 3.8) is 0 Å². The fraction of sp³-hybridized carbons (Fsp3) is 0.571. The second-order valence-electron chi connectivity index (χ2n) is 5.15. The van der Waals surface area contributed by atoms with Crippen molar-refractivity contribution >= 4 is 15.7 Å². The zero-order valence-corrected chi connectivity index (χ0v) is 13.4. The van der Waals surface area contributed by atoms with Crippen LogP contribution in [0.15, 0.2) is 18.2 Å². The van der Waals surface area contributed by atoms with Crippen molar-refractivity contribution in [3.05, 3.63) is 18.2 Å². The highest BCUT2D eigenvalue weighted by molar-refractivity contribution is 7.88. The Balaban J connectivity index is 2.00. The van der Waals surface area contributed by atoms with Gasteiger partial charge < -0.3 is 14.8 Å². The van der Waals surface area contributed by atoms with Gasteiger partial charge in [-0.25, -0.2) is 12.7 Å². The molecule has 1 aliphatic rings. The smallest absolute Gasteiger partial charge is 0.211 e. The summed E-state index contributed by atoms with van der Waals surface area (Å²) in [6.07, 6.45) is 2.82. The lowest BCUT2D eigenvalue weighted by molar-refractivity contribution is 0.331. The minimum Gasteiger partial charge on any atom is -0.497 e. The average molecular weight is 314 g/mol. The van der Waals surface area contributed by atoms with Crippen LogP contribution in [-0.4, -0.2) is 52.3 Å². The van der Waals surface area contributed by atoms with Gasteiger partial charge in [-0.3, -0.25) is 0 Å². The van der Waals surface area contributed by atoms with Gasteiger partial charge in [-0.15, -0.1) is 0 Å². The summed E-state index contributed by atoms with van der Waals surface area (Å²) >= 11 is 0. The van der Waals surface area contributed by atoms with Gasteiger partial charge in [0.2, 0.25) is 10.0 Å². The van der Waals surface area contributed by atoms with Gasteiger partial charge in [0.15, 0.2) is 0 Å². The Morgan fingerprint density at radius 2 is 1.86 bits per heavy atom. The van der Waals surface area contributed by atoms with E-state index in [4.69, 9.17) is 9.47 Å². The summed E-state index contributed by atoms with van der Waals surface area (Å²) in [7, 11) is 0.151. The van der Waals surface area contributed by atoms with Crippen LogP contribution in [0.2, 0.25) is 0 Å². The summed E-state index contributed by atoms with van der Waals surface area (Å²) in [5, 5.41) is 3.42. The van der Waals surface area contributed by atoms with Crippen LogP contribution in [0, 0.1) is 0 Å². The van der Waals surface area contributed by atoms with E-state index in [-0.39, 0.29) is 6.04 Å². The third-order valence-corrected chi connectivity index (χ3v) is 4.99. The first-order valence-corrected chi connectivity index (χ1v) is 8.72. The maximum Gasteiger partial charge on any atom is 0.211 e.